The lowest BCUT2D eigenvalue weighted by molar-refractivity contribution is -0.138. The number of alkyl halides is 9. The number of benzene rings is 2. The minimum Gasteiger partial charge on any atom is -0.692 e. The third-order valence-corrected chi connectivity index (χ3v) is 5.27. The summed E-state index contributed by atoms with van der Waals surface area (Å²) in [6.07, 6.45) is -7.83. The van der Waals surface area contributed by atoms with E-state index < -0.39 is 33.8 Å². The van der Waals surface area contributed by atoms with Gasteiger partial charge in [-0.05, 0) is 13.0 Å². The van der Waals surface area contributed by atoms with Crippen LogP contribution in [0.4, 0.5) is 26.3 Å². The molecule has 31 heavy (non-hydrogen) atoms. The van der Waals surface area contributed by atoms with E-state index in [9.17, 15) is 26.3 Å². The van der Waals surface area contributed by atoms with Crippen molar-refractivity contribution in [3.8, 4) is 0 Å². The smallest absolute Gasteiger partial charge is 0.416 e. The zero-order chi connectivity index (χ0) is 23.2. The molecule has 0 unspecified atom stereocenters. The number of allylic oxidation sites excluding steroid dienone is 2. The van der Waals surface area contributed by atoms with Crippen LogP contribution < -0.4 is 10.9 Å². The van der Waals surface area contributed by atoms with Crippen molar-refractivity contribution in [3.63, 3.8) is 0 Å². The van der Waals surface area contributed by atoms with Crippen LogP contribution in [-0.2, 0) is 17.0 Å². The maximum atomic E-state index is 13.0. The van der Waals surface area contributed by atoms with E-state index in [0.29, 0.717) is 0 Å². The zero-order valence-corrected chi connectivity index (χ0v) is 17.8. The van der Waals surface area contributed by atoms with Crippen LogP contribution in [0.2, 0.25) is 0 Å². The average molecular weight is 501 g/mol. The van der Waals surface area contributed by atoms with Crippen LogP contribution in [0.1, 0.15) is 18.1 Å². The average Bonchev–Trinajstić information content (AvgIpc) is 2.65. The highest BCUT2D eigenvalue weighted by Gasteiger charge is 2.39. The molecule has 0 saturated heterocycles. The van der Waals surface area contributed by atoms with Crippen molar-refractivity contribution in [2.24, 2.45) is 4.90 Å². The maximum Gasteiger partial charge on any atom is 0.416 e. The molecule has 1 heterocycles. The van der Waals surface area contributed by atoms with E-state index >= 15 is 0 Å². The quantitative estimate of drug-likeness (QED) is 0.280. The first kappa shape index (κ1) is 23.8. The summed E-state index contributed by atoms with van der Waals surface area (Å²) >= 11 is 17.9. The predicted octanol–water partition coefficient (Wildman–Crippen LogP) is 6.03. The normalized spacial score (nSPS) is 17.0. The Balaban J connectivity index is 2.22. The molecule has 0 aliphatic carbocycles. The van der Waals surface area contributed by atoms with Gasteiger partial charge in [0.25, 0.3) is 0 Å². The monoisotopic (exact) mass is 500 g/mol. The van der Waals surface area contributed by atoms with Crippen LogP contribution in [0.3, 0.4) is 0 Å². The molecule has 0 atom stereocenters. The Morgan fingerprint density at radius 2 is 1.13 bits per heavy atom. The van der Waals surface area contributed by atoms with Gasteiger partial charge in [-0.2, -0.15) is 26.3 Å². The molecule has 166 valence electrons. The molecule has 3 rings (SSSR count). The standard InChI is InChI=1S/C19H12BCl3F6NO/c1-11-10-16(17(21,22)23)30-20(31-11,14-6-2-12(3-7-14)18(24,25)26)15-8-4-13(5-9-15)19(27,28)29/h2-10H,1H3/q-1. The summed E-state index contributed by atoms with van der Waals surface area (Å²) in [6.45, 7) is -1.23. The van der Waals surface area contributed by atoms with Gasteiger partial charge in [-0.1, -0.05) is 83.3 Å². The molecule has 2 nitrogen and oxygen atoms in total. The highest BCUT2D eigenvalue weighted by molar-refractivity contribution is 6.98. The molecule has 2 aromatic carbocycles. The Labute approximate surface area is 188 Å². The lowest BCUT2D eigenvalue weighted by atomic mass is 9.42. The molecule has 2 aromatic rings. The minimum absolute atomic E-state index is 0.0685. The Hall–Kier alpha value is -1.84. The second kappa shape index (κ2) is 7.94. The van der Waals surface area contributed by atoms with Crippen molar-refractivity contribution in [2.45, 2.75) is 23.1 Å². The molecular formula is C19H12BCl3F6NO-. The van der Waals surface area contributed by atoms with E-state index in [-0.39, 0.29) is 22.4 Å². The van der Waals surface area contributed by atoms with E-state index in [1.807, 2.05) is 0 Å². The Bertz CT molecular complexity index is 968. The number of hydrogen-bond acceptors (Lipinski definition) is 2. The van der Waals surface area contributed by atoms with Gasteiger partial charge in [0, 0.05) is 11.5 Å². The van der Waals surface area contributed by atoms with Gasteiger partial charge in [0.1, 0.15) is 0 Å². The second-order valence-corrected chi connectivity index (χ2v) is 9.15. The van der Waals surface area contributed by atoms with E-state index in [0.717, 1.165) is 48.5 Å². The van der Waals surface area contributed by atoms with E-state index in [1.54, 1.807) is 0 Å². The fraction of sp³-hybridized carbons (Fsp3) is 0.211. The fourth-order valence-corrected chi connectivity index (χ4v) is 3.56. The van der Waals surface area contributed by atoms with E-state index in [1.165, 1.54) is 13.0 Å². The topological polar surface area (TPSA) is 21.6 Å². The Kier molecular flexibility index (Phi) is 6.10. The van der Waals surface area contributed by atoms with Gasteiger partial charge in [0.2, 0.25) is 3.79 Å². The molecular weight excluding hydrogens is 489 g/mol. The van der Waals surface area contributed by atoms with Crippen LogP contribution in [-0.4, -0.2) is 16.0 Å². The first-order valence-corrected chi connectivity index (χ1v) is 9.80. The predicted molar refractivity (Wildman–Crippen MR) is 110 cm³/mol. The Morgan fingerprint density at radius 3 is 1.45 bits per heavy atom. The van der Waals surface area contributed by atoms with Gasteiger partial charge in [-0.25, -0.2) is 0 Å². The minimum atomic E-state index is -4.58. The first-order valence-electron chi connectivity index (χ1n) is 8.67. The first-order chi connectivity index (χ1) is 14.1. The van der Waals surface area contributed by atoms with Crippen LogP contribution in [0.15, 0.2) is 65.3 Å². The SMILES string of the molecule is CC1=CC(C(Cl)(Cl)Cl)=N[B-](c2ccc(C(F)(F)F)cc2)(c2ccc(C(F)(F)F)cc2)O1. The zero-order valence-electron chi connectivity index (χ0n) is 15.5. The van der Waals surface area contributed by atoms with Gasteiger partial charge >= 0.3 is 18.8 Å². The van der Waals surface area contributed by atoms with Gasteiger partial charge < -0.3 is 9.56 Å². The second-order valence-electron chi connectivity index (χ2n) is 6.87. The summed E-state index contributed by atoms with van der Waals surface area (Å²) in [7, 11) is 0. The summed E-state index contributed by atoms with van der Waals surface area (Å²) in [4.78, 5) is 4.38. The molecule has 12 heteroatoms. The number of halogens is 9. The van der Waals surface area contributed by atoms with Gasteiger partial charge in [0.05, 0.1) is 11.1 Å². The van der Waals surface area contributed by atoms with Crippen LogP contribution in [0, 0.1) is 0 Å². The molecule has 0 amide bonds. The number of rotatable bonds is 2. The molecule has 1 aliphatic rings. The fourth-order valence-electron chi connectivity index (χ4n) is 3.25. The van der Waals surface area contributed by atoms with Crippen molar-refractivity contribution in [1.82, 2.24) is 0 Å². The van der Waals surface area contributed by atoms with Gasteiger partial charge in [0.15, 0.2) is 0 Å². The molecule has 0 fully saturated rings. The van der Waals surface area contributed by atoms with Gasteiger partial charge in [-0.3, -0.25) is 0 Å². The molecule has 0 saturated carbocycles. The number of hydrogen-bond donors (Lipinski definition) is 0. The molecule has 0 bridgehead atoms. The summed E-state index contributed by atoms with van der Waals surface area (Å²) in [5.74, 6) is 0.219. The third kappa shape index (κ3) is 4.99. The summed E-state index contributed by atoms with van der Waals surface area (Å²) in [6, 6.07) is 7.85. The summed E-state index contributed by atoms with van der Waals surface area (Å²) in [5.41, 5.74) is -1.58. The van der Waals surface area contributed by atoms with E-state index in [4.69, 9.17) is 39.5 Å². The molecule has 1 aliphatic heterocycles. The van der Waals surface area contributed by atoms with Crippen molar-refractivity contribution >= 4 is 57.9 Å². The molecule has 0 aromatic heterocycles. The largest absolute Gasteiger partial charge is 0.692 e. The van der Waals surface area contributed by atoms with Crippen LogP contribution >= 0.6 is 34.8 Å². The molecule has 0 radical (unpaired) electrons. The van der Waals surface area contributed by atoms with E-state index in [2.05, 4.69) is 4.90 Å². The summed E-state index contributed by atoms with van der Waals surface area (Å²) < 4.78 is 81.9. The van der Waals surface area contributed by atoms with Crippen LogP contribution in [0.25, 0.3) is 0 Å². The van der Waals surface area contributed by atoms with Crippen molar-refractivity contribution < 1.29 is 31.0 Å². The lowest BCUT2D eigenvalue weighted by Crippen LogP contribution is -2.61. The van der Waals surface area contributed by atoms with Crippen molar-refractivity contribution in [1.29, 1.82) is 0 Å². The molecule has 0 spiro atoms. The maximum absolute atomic E-state index is 13.0. The highest BCUT2D eigenvalue weighted by Crippen LogP contribution is 2.34. The van der Waals surface area contributed by atoms with Crippen molar-refractivity contribution in [2.75, 3.05) is 0 Å². The summed E-state index contributed by atoms with van der Waals surface area (Å²) in [5, 5.41) is 0. The number of nitrogens with zero attached hydrogens (tertiary/aromatic N) is 1. The molecule has 0 N–H and O–H groups in total. The van der Waals surface area contributed by atoms with Crippen molar-refractivity contribution in [3.05, 3.63) is 71.5 Å². The van der Waals surface area contributed by atoms with Gasteiger partial charge in [-0.15, -0.1) is 10.9 Å². The Morgan fingerprint density at radius 1 is 0.742 bits per heavy atom. The third-order valence-electron chi connectivity index (χ3n) is 4.69. The lowest BCUT2D eigenvalue weighted by Gasteiger charge is -2.44. The highest BCUT2D eigenvalue weighted by atomic mass is 35.6. The van der Waals surface area contributed by atoms with Crippen LogP contribution in [0.5, 0.6) is 0 Å².